The summed E-state index contributed by atoms with van der Waals surface area (Å²) in [6.45, 7) is 1.66. The number of aromatic nitrogens is 1. The minimum absolute atomic E-state index is 0.0895. The van der Waals surface area contributed by atoms with Crippen molar-refractivity contribution in [1.82, 2.24) is 15.2 Å². The molecule has 8 nitrogen and oxygen atoms in total. The largest absolute Gasteiger partial charge is 0.493 e. The molecule has 1 aliphatic heterocycles. The van der Waals surface area contributed by atoms with Gasteiger partial charge in [0.2, 0.25) is 5.76 Å². The molecule has 0 bridgehead atoms. The molecule has 3 rings (SSSR count). The SMILES string of the molecule is COc1ccccc1OCC(=O)NCC1CCCN(C(=O)c2cnco2)C1. The number of benzene rings is 1. The van der Waals surface area contributed by atoms with Crippen LogP contribution in [-0.2, 0) is 4.79 Å². The molecule has 0 saturated carbocycles. The van der Waals surface area contributed by atoms with E-state index in [-0.39, 0.29) is 30.1 Å². The van der Waals surface area contributed by atoms with E-state index in [1.54, 1.807) is 24.1 Å². The van der Waals surface area contributed by atoms with Crippen LogP contribution >= 0.6 is 0 Å². The molecule has 1 unspecified atom stereocenters. The summed E-state index contributed by atoms with van der Waals surface area (Å²) < 4.78 is 15.8. The van der Waals surface area contributed by atoms with E-state index in [4.69, 9.17) is 13.9 Å². The van der Waals surface area contributed by atoms with Gasteiger partial charge in [-0.2, -0.15) is 0 Å². The van der Waals surface area contributed by atoms with E-state index in [0.29, 0.717) is 31.1 Å². The highest BCUT2D eigenvalue weighted by Gasteiger charge is 2.26. The van der Waals surface area contributed by atoms with Crippen molar-refractivity contribution in [3.63, 3.8) is 0 Å². The number of carbonyl (C=O) groups is 2. The van der Waals surface area contributed by atoms with E-state index in [0.717, 1.165) is 12.8 Å². The van der Waals surface area contributed by atoms with Crippen LogP contribution in [0.25, 0.3) is 0 Å². The fourth-order valence-corrected chi connectivity index (χ4v) is 3.08. The normalized spacial score (nSPS) is 16.6. The Morgan fingerprint density at radius 1 is 1.33 bits per heavy atom. The standard InChI is InChI=1S/C19H23N3O5/c1-25-15-6-2-3-7-16(15)26-12-18(23)21-9-14-5-4-8-22(11-14)19(24)17-10-20-13-27-17/h2-3,6-7,10,13-14H,4-5,8-9,11-12H2,1H3,(H,21,23). The fourth-order valence-electron chi connectivity index (χ4n) is 3.08. The Labute approximate surface area is 157 Å². The van der Waals surface area contributed by atoms with Crippen LogP contribution in [0.2, 0.25) is 0 Å². The molecule has 144 valence electrons. The Kier molecular flexibility index (Phi) is 6.30. The molecule has 2 heterocycles. The number of amides is 2. The van der Waals surface area contributed by atoms with Gasteiger partial charge in [-0.05, 0) is 30.9 Å². The van der Waals surface area contributed by atoms with Gasteiger partial charge in [0.15, 0.2) is 24.5 Å². The average molecular weight is 373 g/mol. The van der Waals surface area contributed by atoms with Gasteiger partial charge in [-0.1, -0.05) is 12.1 Å². The first-order valence-electron chi connectivity index (χ1n) is 8.87. The average Bonchev–Trinajstić information content (AvgIpc) is 3.25. The number of likely N-dealkylation sites (tertiary alicyclic amines) is 1. The Bertz CT molecular complexity index is 762. The number of methoxy groups -OCH3 is 1. The number of hydrogen-bond acceptors (Lipinski definition) is 6. The fraction of sp³-hybridized carbons (Fsp3) is 0.421. The summed E-state index contributed by atoms with van der Waals surface area (Å²) in [6, 6.07) is 7.17. The zero-order valence-electron chi connectivity index (χ0n) is 15.2. The zero-order valence-corrected chi connectivity index (χ0v) is 15.2. The van der Waals surface area contributed by atoms with Crippen molar-refractivity contribution in [2.45, 2.75) is 12.8 Å². The van der Waals surface area contributed by atoms with Crippen LogP contribution in [0.5, 0.6) is 11.5 Å². The maximum Gasteiger partial charge on any atom is 0.291 e. The summed E-state index contributed by atoms with van der Waals surface area (Å²) >= 11 is 0. The van der Waals surface area contributed by atoms with E-state index in [9.17, 15) is 9.59 Å². The quantitative estimate of drug-likeness (QED) is 0.794. The van der Waals surface area contributed by atoms with Gasteiger partial charge in [-0.15, -0.1) is 0 Å². The Morgan fingerprint density at radius 2 is 2.15 bits per heavy atom. The maximum atomic E-state index is 12.3. The van der Waals surface area contributed by atoms with Gasteiger partial charge in [0, 0.05) is 19.6 Å². The molecule has 8 heteroatoms. The Balaban J connectivity index is 1.44. The third kappa shape index (κ3) is 4.99. The van der Waals surface area contributed by atoms with E-state index < -0.39 is 0 Å². The molecule has 1 fully saturated rings. The zero-order chi connectivity index (χ0) is 19.1. The number of para-hydroxylation sites is 2. The molecule has 1 atom stereocenters. The smallest absolute Gasteiger partial charge is 0.291 e. The molecule has 27 heavy (non-hydrogen) atoms. The van der Waals surface area contributed by atoms with Crippen molar-refractivity contribution in [1.29, 1.82) is 0 Å². The highest BCUT2D eigenvalue weighted by Crippen LogP contribution is 2.25. The van der Waals surface area contributed by atoms with Gasteiger partial charge < -0.3 is 24.1 Å². The molecule has 2 aromatic rings. The van der Waals surface area contributed by atoms with Crippen molar-refractivity contribution < 1.29 is 23.5 Å². The van der Waals surface area contributed by atoms with Gasteiger partial charge in [-0.25, -0.2) is 4.98 Å². The van der Waals surface area contributed by atoms with Crippen molar-refractivity contribution >= 4 is 11.8 Å². The summed E-state index contributed by atoms with van der Waals surface area (Å²) in [5.41, 5.74) is 0. The molecule has 1 aromatic carbocycles. The molecule has 1 N–H and O–H groups in total. The van der Waals surface area contributed by atoms with E-state index >= 15 is 0 Å². The lowest BCUT2D eigenvalue weighted by atomic mass is 9.98. The lowest BCUT2D eigenvalue weighted by molar-refractivity contribution is -0.123. The number of piperidine rings is 1. The maximum absolute atomic E-state index is 12.3. The molecule has 1 aliphatic rings. The number of rotatable bonds is 7. The topological polar surface area (TPSA) is 93.9 Å². The minimum atomic E-state index is -0.209. The van der Waals surface area contributed by atoms with E-state index in [1.807, 2.05) is 12.1 Å². The number of nitrogens with one attached hydrogen (secondary N) is 1. The molecule has 1 saturated heterocycles. The Hall–Kier alpha value is -3.03. The summed E-state index contributed by atoms with van der Waals surface area (Å²) in [7, 11) is 1.55. The van der Waals surface area contributed by atoms with Crippen molar-refractivity contribution in [3.8, 4) is 11.5 Å². The summed E-state index contributed by atoms with van der Waals surface area (Å²) in [6.07, 6.45) is 4.51. The first-order chi connectivity index (χ1) is 13.2. The second kappa shape index (κ2) is 9.07. The third-order valence-corrected chi connectivity index (χ3v) is 4.47. The van der Waals surface area contributed by atoms with E-state index in [1.165, 1.54) is 12.6 Å². The highest BCUT2D eigenvalue weighted by atomic mass is 16.5. The molecule has 0 aliphatic carbocycles. The van der Waals surface area contributed by atoms with Crippen LogP contribution in [0.4, 0.5) is 0 Å². The monoisotopic (exact) mass is 373 g/mol. The highest BCUT2D eigenvalue weighted by molar-refractivity contribution is 5.91. The van der Waals surface area contributed by atoms with Crippen LogP contribution in [0.15, 0.2) is 41.3 Å². The molecule has 1 aromatic heterocycles. The first kappa shape index (κ1) is 18.8. The molecule has 0 radical (unpaired) electrons. The second-order valence-corrected chi connectivity index (χ2v) is 6.37. The lowest BCUT2D eigenvalue weighted by Gasteiger charge is -2.32. The predicted molar refractivity (Wildman–Crippen MR) is 96.6 cm³/mol. The number of ether oxygens (including phenoxy) is 2. The summed E-state index contributed by atoms with van der Waals surface area (Å²) in [4.78, 5) is 29.9. The van der Waals surface area contributed by atoms with Gasteiger partial charge in [0.25, 0.3) is 11.8 Å². The second-order valence-electron chi connectivity index (χ2n) is 6.37. The number of oxazole rings is 1. The lowest BCUT2D eigenvalue weighted by Crippen LogP contribution is -2.44. The van der Waals surface area contributed by atoms with Crippen molar-refractivity contribution in [2.24, 2.45) is 5.92 Å². The Morgan fingerprint density at radius 3 is 2.89 bits per heavy atom. The van der Waals surface area contributed by atoms with Gasteiger partial charge >= 0.3 is 0 Å². The minimum Gasteiger partial charge on any atom is -0.493 e. The van der Waals surface area contributed by atoms with Gasteiger partial charge in [0.1, 0.15) is 0 Å². The number of nitrogens with zero attached hydrogens (tertiary/aromatic N) is 2. The molecule has 2 amide bonds. The summed E-state index contributed by atoms with van der Waals surface area (Å²) in [5, 5.41) is 2.88. The summed E-state index contributed by atoms with van der Waals surface area (Å²) in [5.74, 6) is 1.17. The van der Waals surface area contributed by atoms with Crippen LogP contribution in [0.1, 0.15) is 23.4 Å². The molecule has 0 spiro atoms. The molecular formula is C19H23N3O5. The number of hydrogen-bond donors (Lipinski definition) is 1. The van der Waals surface area contributed by atoms with Gasteiger partial charge in [-0.3, -0.25) is 9.59 Å². The van der Waals surface area contributed by atoms with Crippen molar-refractivity contribution in [3.05, 3.63) is 42.6 Å². The first-order valence-corrected chi connectivity index (χ1v) is 8.87. The van der Waals surface area contributed by atoms with Crippen LogP contribution in [0, 0.1) is 5.92 Å². The van der Waals surface area contributed by atoms with Crippen LogP contribution in [-0.4, -0.2) is 55.0 Å². The predicted octanol–water partition coefficient (Wildman–Crippen LogP) is 1.73. The van der Waals surface area contributed by atoms with Gasteiger partial charge in [0.05, 0.1) is 13.3 Å². The third-order valence-electron chi connectivity index (χ3n) is 4.47. The van der Waals surface area contributed by atoms with Crippen LogP contribution in [0.3, 0.4) is 0 Å². The van der Waals surface area contributed by atoms with E-state index in [2.05, 4.69) is 10.3 Å². The van der Waals surface area contributed by atoms with Crippen LogP contribution < -0.4 is 14.8 Å². The molecular weight excluding hydrogens is 350 g/mol. The van der Waals surface area contributed by atoms with Crippen molar-refractivity contribution in [2.75, 3.05) is 33.4 Å². The number of carbonyl (C=O) groups excluding carboxylic acids is 2.